The zero-order chi connectivity index (χ0) is 22.5. The quantitative estimate of drug-likeness (QED) is 0.528. The molecule has 0 amide bonds. The lowest BCUT2D eigenvalue weighted by Crippen LogP contribution is -2.54. The van der Waals surface area contributed by atoms with E-state index in [0.717, 1.165) is 37.5 Å². The Hall–Kier alpha value is -1.84. The molecule has 0 radical (unpaired) electrons. The van der Waals surface area contributed by atoms with Crippen LogP contribution in [0.3, 0.4) is 0 Å². The predicted octanol–water partition coefficient (Wildman–Crippen LogP) is 6.19. The van der Waals surface area contributed by atoms with Crippen LogP contribution in [0, 0.1) is 34.5 Å². The fourth-order valence-corrected chi connectivity index (χ4v) is 8.48. The van der Waals surface area contributed by atoms with Gasteiger partial charge in [0.05, 0.1) is 5.56 Å². The number of carbonyl (C=O) groups is 2. The van der Waals surface area contributed by atoms with E-state index in [9.17, 15) is 9.59 Å². The van der Waals surface area contributed by atoms with Gasteiger partial charge in [-0.2, -0.15) is 0 Å². The Morgan fingerprint density at radius 3 is 2.31 bits per heavy atom. The Morgan fingerprint density at radius 1 is 0.844 bits per heavy atom. The van der Waals surface area contributed by atoms with Gasteiger partial charge in [0.2, 0.25) is 0 Å². The van der Waals surface area contributed by atoms with E-state index >= 15 is 0 Å². The summed E-state index contributed by atoms with van der Waals surface area (Å²) in [5.74, 6) is 2.50. The van der Waals surface area contributed by atoms with Crippen LogP contribution >= 0.6 is 0 Å². The summed E-state index contributed by atoms with van der Waals surface area (Å²) in [5, 5.41) is 0. The van der Waals surface area contributed by atoms with Crippen LogP contribution in [0.25, 0.3) is 0 Å². The molecule has 0 aliphatic heterocycles. The topological polar surface area (TPSA) is 52.6 Å². The average molecular weight is 439 g/mol. The zero-order valence-corrected chi connectivity index (χ0v) is 19.8. The summed E-state index contributed by atoms with van der Waals surface area (Å²) in [6, 6.07) is 9.43. The molecule has 32 heavy (non-hydrogen) atoms. The minimum absolute atomic E-state index is 0.0337. The van der Waals surface area contributed by atoms with E-state index in [1.165, 1.54) is 39.0 Å². The number of ether oxygens (including phenoxy) is 2. The van der Waals surface area contributed by atoms with Crippen molar-refractivity contribution >= 4 is 11.9 Å². The molecule has 8 atom stereocenters. The van der Waals surface area contributed by atoms with Gasteiger partial charge < -0.3 is 9.47 Å². The Kier molecular flexibility index (Phi) is 5.62. The maximum atomic E-state index is 12.8. The summed E-state index contributed by atoms with van der Waals surface area (Å²) in [7, 11) is 0. The predicted molar refractivity (Wildman–Crippen MR) is 123 cm³/mol. The fourth-order valence-electron chi connectivity index (χ4n) is 8.48. The van der Waals surface area contributed by atoms with E-state index in [4.69, 9.17) is 9.47 Å². The first-order valence-corrected chi connectivity index (χ1v) is 12.7. The van der Waals surface area contributed by atoms with Crippen LogP contribution in [0.5, 0.6) is 0 Å². The molecule has 1 aromatic rings. The molecule has 0 aromatic heterocycles. The van der Waals surface area contributed by atoms with Gasteiger partial charge in [0.1, 0.15) is 12.2 Å². The van der Waals surface area contributed by atoms with Crippen molar-refractivity contribution in [2.24, 2.45) is 34.5 Å². The highest BCUT2D eigenvalue weighted by molar-refractivity contribution is 5.89. The number of fused-ring (bicyclic) bond motifs is 5. The molecule has 4 aliphatic carbocycles. The molecule has 4 aliphatic rings. The zero-order valence-electron chi connectivity index (χ0n) is 19.8. The van der Waals surface area contributed by atoms with Crippen LogP contribution < -0.4 is 0 Å². The van der Waals surface area contributed by atoms with Crippen molar-refractivity contribution in [3.8, 4) is 0 Å². The second-order valence-electron chi connectivity index (χ2n) is 11.5. The summed E-state index contributed by atoms with van der Waals surface area (Å²) in [4.78, 5) is 24.3. The van der Waals surface area contributed by atoms with E-state index in [2.05, 4.69) is 13.8 Å². The van der Waals surface area contributed by atoms with Gasteiger partial charge in [0.15, 0.2) is 0 Å². The number of carbonyl (C=O) groups excluding carboxylic acids is 2. The van der Waals surface area contributed by atoms with Crippen molar-refractivity contribution in [2.75, 3.05) is 0 Å². The summed E-state index contributed by atoms with van der Waals surface area (Å²) < 4.78 is 11.8. The van der Waals surface area contributed by atoms with Gasteiger partial charge in [0, 0.05) is 12.3 Å². The highest BCUT2D eigenvalue weighted by Gasteiger charge is 2.61. The summed E-state index contributed by atoms with van der Waals surface area (Å²) in [5.41, 5.74) is 1.12. The van der Waals surface area contributed by atoms with Gasteiger partial charge in [-0.1, -0.05) is 32.0 Å². The molecule has 1 aromatic carbocycles. The van der Waals surface area contributed by atoms with Gasteiger partial charge >= 0.3 is 11.9 Å². The highest BCUT2D eigenvalue weighted by atomic mass is 16.5. The molecule has 0 saturated heterocycles. The first kappa shape index (κ1) is 22.0. The van der Waals surface area contributed by atoms with Gasteiger partial charge in [0.25, 0.3) is 0 Å². The number of rotatable bonds is 3. The second kappa shape index (κ2) is 8.18. The van der Waals surface area contributed by atoms with E-state index < -0.39 is 0 Å². The minimum Gasteiger partial charge on any atom is -0.463 e. The van der Waals surface area contributed by atoms with Gasteiger partial charge in [-0.15, -0.1) is 0 Å². The minimum atomic E-state index is -0.168. The summed E-state index contributed by atoms with van der Waals surface area (Å²) in [6.07, 6.45) is 10.5. The first-order chi connectivity index (χ1) is 15.3. The number of hydrogen-bond acceptors (Lipinski definition) is 4. The number of hydrogen-bond donors (Lipinski definition) is 0. The maximum Gasteiger partial charge on any atom is 0.338 e. The van der Waals surface area contributed by atoms with E-state index in [0.29, 0.717) is 22.8 Å². The molecule has 4 nitrogen and oxygen atoms in total. The molecule has 5 rings (SSSR count). The average Bonchev–Trinajstić information content (AvgIpc) is 3.10. The third-order valence-corrected chi connectivity index (χ3v) is 10.1. The van der Waals surface area contributed by atoms with E-state index in [-0.39, 0.29) is 29.6 Å². The Bertz CT molecular complexity index is 865. The van der Waals surface area contributed by atoms with Crippen molar-refractivity contribution in [1.29, 1.82) is 0 Å². The Morgan fingerprint density at radius 2 is 1.56 bits per heavy atom. The molecule has 4 fully saturated rings. The monoisotopic (exact) mass is 438 g/mol. The molecule has 4 heteroatoms. The van der Waals surface area contributed by atoms with Crippen LogP contribution in [-0.4, -0.2) is 24.1 Å². The lowest BCUT2D eigenvalue weighted by molar-refractivity contribution is -0.161. The van der Waals surface area contributed by atoms with Crippen LogP contribution in [0.1, 0.15) is 88.9 Å². The first-order valence-electron chi connectivity index (χ1n) is 12.7. The number of benzene rings is 1. The molecule has 0 spiro atoms. The van der Waals surface area contributed by atoms with Gasteiger partial charge in [-0.3, -0.25) is 4.79 Å². The third-order valence-electron chi connectivity index (χ3n) is 10.1. The molecule has 0 heterocycles. The Balaban J connectivity index is 1.30. The van der Waals surface area contributed by atoms with Crippen LogP contribution in [-0.2, 0) is 14.3 Å². The fraction of sp³-hybridized carbons (Fsp3) is 0.714. The third kappa shape index (κ3) is 3.58. The normalized spacial score (nSPS) is 42.8. The number of esters is 2. The van der Waals surface area contributed by atoms with Crippen LogP contribution in [0.4, 0.5) is 0 Å². The molecule has 0 unspecified atom stereocenters. The van der Waals surface area contributed by atoms with E-state index in [1.807, 2.05) is 30.3 Å². The lowest BCUT2D eigenvalue weighted by atomic mass is 9.45. The maximum absolute atomic E-state index is 12.8. The van der Waals surface area contributed by atoms with Crippen molar-refractivity contribution in [2.45, 2.75) is 90.8 Å². The molecule has 0 N–H and O–H groups in total. The van der Waals surface area contributed by atoms with Crippen molar-refractivity contribution in [3.63, 3.8) is 0 Å². The van der Waals surface area contributed by atoms with Crippen molar-refractivity contribution < 1.29 is 19.1 Å². The molecule has 0 bridgehead atoms. The van der Waals surface area contributed by atoms with Gasteiger partial charge in [-0.25, -0.2) is 4.79 Å². The largest absolute Gasteiger partial charge is 0.463 e. The Labute approximate surface area is 192 Å². The van der Waals surface area contributed by atoms with Crippen LogP contribution in [0.15, 0.2) is 30.3 Å². The highest BCUT2D eigenvalue weighted by Crippen LogP contribution is 2.66. The van der Waals surface area contributed by atoms with E-state index in [1.54, 1.807) is 0 Å². The standard InChI is InChI=1S/C28H38O4/c1-18(29)31-21-13-15-27(2)20(17-21)9-10-22-23-11-12-25(28(23,3)16-14-24(22)27)32-26(30)19-7-5-4-6-8-19/h4-8,20-25H,9-17H2,1-3H3/t20-,21+,22+,23+,24+,25+,27-,28-/m0/s1. The SMILES string of the molecule is CC(=O)O[C@@H]1CC[C@@]2(C)[C@@H](CC[C@H]3[C@H]2CC[C@@]2(C)[C@@H]3CC[C@H]2OC(=O)c2ccccc2)C1. The molecule has 4 saturated carbocycles. The van der Waals surface area contributed by atoms with Crippen molar-refractivity contribution in [1.82, 2.24) is 0 Å². The molecular formula is C28H38O4. The lowest BCUT2D eigenvalue weighted by Gasteiger charge is -2.60. The van der Waals surface area contributed by atoms with Gasteiger partial charge in [-0.05, 0) is 99.0 Å². The second-order valence-corrected chi connectivity index (χ2v) is 11.5. The summed E-state index contributed by atoms with van der Waals surface area (Å²) in [6.45, 7) is 6.46. The smallest absolute Gasteiger partial charge is 0.338 e. The summed E-state index contributed by atoms with van der Waals surface area (Å²) >= 11 is 0. The van der Waals surface area contributed by atoms with Crippen LogP contribution in [0.2, 0.25) is 0 Å². The molecular weight excluding hydrogens is 400 g/mol. The van der Waals surface area contributed by atoms with Crippen molar-refractivity contribution in [3.05, 3.63) is 35.9 Å². The molecule has 174 valence electrons.